The molecule has 0 aliphatic rings. The number of hydrogen-bond donors (Lipinski definition) is 3. The largest absolute Gasteiger partial charge is 0.417 e. The minimum atomic E-state index is -0.511. The Hall–Kier alpha value is -2.08. The van der Waals surface area contributed by atoms with Crippen molar-refractivity contribution in [3.05, 3.63) is 28.7 Å². The van der Waals surface area contributed by atoms with E-state index in [0.717, 1.165) is 6.42 Å². The van der Waals surface area contributed by atoms with Gasteiger partial charge in [-0.1, -0.05) is 13.8 Å². The molecule has 0 spiro atoms. The molecule has 0 bridgehead atoms. The maximum absolute atomic E-state index is 12.1. The van der Waals surface area contributed by atoms with Gasteiger partial charge in [0.25, 0.3) is 0 Å². The predicted molar refractivity (Wildman–Crippen MR) is 77.5 cm³/mol. The summed E-state index contributed by atoms with van der Waals surface area (Å²) in [5.74, 6) is -0.425. The van der Waals surface area contributed by atoms with E-state index in [9.17, 15) is 9.59 Å². The van der Waals surface area contributed by atoms with Crippen LogP contribution in [0.25, 0.3) is 11.1 Å². The van der Waals surface area contributed by atoms with Gasteiger partial charge in [0.05, 0.1) is 11.4 Å². The number of nitrogens with one attached hydrogen (secondary N) is 2. The Labute approximate surface area is 116 Å². The molecule has 2 aromatic rings. The van der Waals surface area contributed by atoms with Gasteiger partial charge in [0.2, 0.25) is 5.91 Å². The monoisotopic (exact) mass is 277 g/mol. The Morgan fingerprint density at radius 2 is 2.20 bits per heavy atom. The summed E-state index contributed by atoms with van der Waals surface area (Å²) in [6, 6.07) is 5.00. The molecule has 1 aromatic carbocycles. The Balaban J connectivity index is 2.14. The quantitative estimate of drug-likeness (QED) is 0.773. The molecule has 4 N–H and O–H groups in total. The van der Waals surface area contributed by atoms with E-state index in [4.69, 9.17) is 10.2 Å². The van der Waals surface area contributed by atoms with Crippen molar-refractivity contribution >= 4 is 22.7 Å². The fourth-order valence-electron chi connectivity index (χ4n) is 2.15. The number of amides is 1. The first kappa shape index (κ1) is 14.3. The minimum Gasteiger partial charge on any atom is -0.408 e. The zero-order valence-electron chi connectivity index (χ0n) is 11.6. The second-order valence-electron chi connectivity index (χ2n) is 5.28. The van der Waals surface area contributed by atoms with Crippen LogP contribution in [0.2, 0.25) is 0 Å². The molecule has 1 atom stereocenters. The van der Waals surface area contributed by atoms with Gasteiger partial charge in [-0.3, -0.25) is 9.78 Å². The Morgan fingerprint density at radius 3 is 2.85 bits per heavy atom. The number of rotatable bonds is 5. The van der Waals surface area contributed by atoms with Gasteiger partial charge < -0.3 is 15.5 Å². The molecule has 1 heterocycles. The zero-order chi connectivity index (χ0) is 14.7. The van der Waals surface area contributed by atoms with Crippen molar-refractivity contribution in [2.24, 2.45) is 17.6 Å². The maximum Gasteiger partial charge on any atom is 0.417 e. The minimum absolute atomic E-state index is 0.105. The number of fused-ring (bicyclic) bond motifs is 1. The van der Waals surface area contributed by atoms with Gasteiger partial charge in [0.15, 0.2) is 5.58 Å². The van der Waals surface area contributed by atoms with Gasteiger partial charge in [-0.15, -0.1) is 0 Å². The third kappa shape index (κ3) is 3.27. The average Bonchev–Trinajstić information content (AvgIpc) is 2.74. The highest BCUT2D eigenvalue weighted by Crippen LogP contribution is 2.18. The second kappa shape index (κ2) is 5.92. The van der Waals surface area contributed by atoms with Crippen molar-refractivity contribution in [1.29, 1.82) is 0 Å². The highest BCUT2D eigenvalue weighted by Gasteiger charge is 2.18. The van der Waals surface area contributed by atoms with E-state index in [0.29, 0.717) is 29.2 Å². The first-order valence-electron chi connectivity index (χ1n) is 6.63. The van der Waals surface area contributed by atoms with Gasteiger partial charge in [-0.05, 0) is 30.5 Å². The van der Waals surface area contributed by atoms with Crippen LogP contribution in [0.1, 0.15) is 20.3 Å². The number of hydrogen-bond acceptors (Lipinski definition) is 4. The van der Waals surface area contributed by atoms with Gasteiger partial charge in [0, 0.05) is 12.2 Å². The van der Waals surface area contributed by atoms with Crippen molar-refractivity contribution in [2.75, 3.05) is 11.9 Å². The number of H-pyrrole nitrogens is 1. The van der Waals surface area contributed by atoms with Crippen molar-refractivity contribution in [3.63, 3.8) is 0 Å². The molecular weight excluding hydrogens is 258 g/mol. The number of oxazole rings is 1. The first-order chi connectivity index (χ1) is 9.49. The summed E-state index contributed by atoms with van der Waals surface area (Å²) < 4.78 is 4.91. The van der Waals surface area contributed by atoms with Crippen LogP contribution in [-0.4, -0.2) is 17.4 Å². The van der Waals surface area contributed by atoms with Crippen LogP contribution in [0.3, 0.4) is 0 Å². The number of carbonyl (C=O) groups excluding carboxylic acids is 1. The van der Waals surface area contributed by atoms with Crippen LogP contribution in [0.4, 0.5) is 5.69 Å². The smallest absolute Gasteiger partial charge is 0.408 e. The molecule has 108 valence electrons. The van der Waals surface area contributed by atoms with Gasteiger partial charge in [0.1, 0.15) is 0 Å². The molecule has 0 fully saturated rings. The third-order valence-electron chi connectivity index (χ3n) is 3.10. The Bertz CT molecular complexity index is 657. The lowest BCUT2D eigenvalue weighted by atomic mass is 9.96. The first-order valence-corrected chi connectivity index (χ1v) is 6.63. The normalized spacial score (nSPS) is 12.8. The molecule has 0 aliphatic carbocycles. The van der Waals surface area contributed by atoms with Crippen LogP contribution in [0, 0.1) is 11.8 Å². The number of benzene rings is 1. The molecule has 0 radical (unpaired) electrons. The van der Waals surface area contributed by atoms with E-state index in [1.165, 1.54) is 0 Å². The van der Waals surface area contributed by atoms with Crippen LogP contribution < -0.4 is 16.8 Å². The van der Waals surface area contributed by atoms with E-state index in [2.05, 4.69) is 24.1 Å². The van der Waals surface area contributed by atoms with Gasteiger partial charge >= 0.3 is 5.76 Å². The number of carbonyl (C=O) groups is 1. The molecule has 2 rings (SSSR count). The molecule has 20 heavy (non-hydrogen) atoms. The summed E-state index contributed by atoms with van der Waals surface area (Å²) in [6.07, 6.45) is 0.743. The topological polar surface area (TPSA) is 101 Å². The number of nitrogens with two attached hydrogens (primary N) is 1. The van der Waals surface area contributed by atoms with Crippen LogP contribution in [-0.2, 0) is 4.79 Å². The van der Waals surface area contributed by atoms with E-state index < -0.39 is 5.76 Å². The van der Waals surface area contributed by atoms with Crippen molar-refractivity contribution in [3.8, 4) is 0 Å². The third-order valence-corrected chi connectivity index (χ3v) is 3.10. The molecule has 1 amide bonds. The summed E-state index contributed by atoms with van der Waals surface area (Å²) in [5, 5.41) is 2.82. The number of aromatic amines is 1. The van der Waals surface area contributed by atoms with E-state index >= 15 is 0 Å². The predicted octanol–water partition coefficient (Wildman–Crippen LogP) is 1.68. The second-order valence-corrected chi connectivity index (χ2v) is 5.28. The molecule has 6 nitrogen and oxygen atoms in total. The van der Waals surface area contributed by atoms with E-state index in [-0.39, 0.29) is 11.8 Å². The van der Waals surface area contributed by atoms with Gasteiger partial charge in [-0.25, -0.2) is 4.79 Å². The van der Waals surface area contributed by atoms with Gasteiger partial charge in [-0.2, -0.15) is 0 Å². The molecule has 1 unspecified atom stereocenters. The summed E-state index contributed by atoms with van der Waals surface area (Å²) >= 11 is 0. The summed E-state index contributed by atoms with van der Waals surface area (Å²) in [4.78, 5) is 25.8. The zero-order valence-corrected chi connectivity index (χ0v) is 11.6. The average molecular weight is 277 g/mol. The fraction of sp³-hybridized carbons (Fsp3) is 0.429. The van der Waals surface area contributed by atoms with Crippen LogP contribution >= 0.6 is 0 Å². The van der Waals surface area contributed by atoms with E-state index in [1.807, 2.05) is 0 Å². The number of anilines is 1. The highest BCUT2D eigenvalue weighted by molar-refractivity contribution is 5.94. The summed E-state index contributed by atoms with van der Waals surface area (Å²) in [5.41, 5.74) is 7.28. The molecule has 0 saturated carbocycles. The van der Waals surface area contributed by atoms with Crippen LogP contribution in [0.5, 0.6) is 0 Å². The lowest BCUT2D eigenvalue weighted by Gasteiger charge is -2.16. The molecule has 1 aromatic heterocycles. The standard InChI is InChI=1S/C14H19N3O3/c1-8(2)5-9(7-15)13(18)16-10-3-4-12-11(6-10)17-14(19)20-12/h3-4,6,8-9H,5,7,15H2,1-2H3,(H,16,18)(H,17,19). The summed E-state index contributed by atoms with van der Waals surface area (Å²) in [7, 11) is 0. The fourth-order valence-corrected chi connectivity index (χ4v) is 2.15. The Morgan fingerprint density at radius 1 is 1.45 bits per heavy atom. The van der Waals surface area contributed by atoms with Crippen molar-refractivity contribution in [1.82, 2.24) is 4.98 Å². The molecule has 0 saturated heterocycles. The van der Waals surface area contributed by atoms with Crippen LogP contribution in [0.15, 0.2) is 27.4 Å². The number of aromatic nitrogens is 1. The highest BCUT2D eigenvalue weighted by atomic mass is 16.4. The Kier molecular flexibility index (Phi) is 4.24. The lowest BCUT2D eigenvalue weighted by molar-refractivity contribution is -0.120. The van der Waals surface area contributed by atoms with Crippen molar-refractivity contribution in [2.45, 2.75) is 20.3 Å². The lowest BCUT2D eigenvalue weighted by Crippen LogP contribution is -2.30. The maximum atomic E-state index is 12.1. The summed E-state index contributed by atoms with van der Waals surface area (Å²) in [6.45, 7) is 4.42. The molecule has 0 aliphatic heterocycles. The SMILES string of the molecule is CC(C)CC(CN)C(=O)Nc1ccc2oc(=O)[nH]c2c1. The van der Waals surface area contributed by atoms with E-state index in [1.54, 1.807) is 18.2 Å². The van der Waals surface area contributed by atoms with Crippen molar-refractivity contribution < 1.29 is 9.21 Å². The molecule has 6 heteroatoms. The molecular formula is C14H19N3O3.